The van der Waals surface area contributed by atoms with E-state index in [9.17, 15) is 4.79 Å². The van der Waals surface area contributed by atoms with Crippen molar-refractivity contribution in [1.29, 1.82) is 0 Å². The normalized spacial score (nSPS) is 18.1. The molecule has 1 saturated heterocycles. The van der Waals surface area contributed by atoms with Gasteiger partial charge in [0.1, 0.15) is 0 Å². The first-order valence-corrected chi connectivity index (χ1v) is 6.40. The quantitative estimate of drug-likeness (QED) is 0.868. The van der Waals surface area contributed by atoms with Gasteiger partial charge in [0.25, 0.3) is 0 Å². The number of benzene rings is 1. The van der Waals surface area contributed by atoms with Gasteiger partial charge < -0.3 is 15.5 Å². The van der Waals surface area contributed by atoms with Crippen molar-refractivity contribution in [3.63, 3.8) is 0 Å². The maximum atomic E-state index is 11.7. The van der Waals surface area contributed by atoms with Gasteiger partial charge in [-0.15, -0.1) is 0 Å². The zero-order chi connectivity index (χ0) is 13.1. The summed E-state index contributed by atoms with van der Waals surface area (Å²) < 4.78 is 0. The number of anilines is 1. The summed E-state index contributed by atoms with van der Waals surface area (Å²) in [5.41, 5.74) is 8.02. The summed E-state index contributed by atoms with van der Waals surface area (Å²) in [6, 6.07) is 8.38. The van der Waals surface area contributed by atoms with Gasteiger partial charge in [0.15, 0.2) is 0 Å². The van der Waals surface area contributed by atoms with E-state index in [2.05, 4.69) is 36.1 Å². The molecule has 1 aromatic carbocycles. The zero-order valence-corrected chi connectivity index (χ0v) is 11.1. The van der Waals surface area contributed by atoms with E-state index in [0.717, 1.165) is 18.8 Å². The number of rotatable bonds is 3. The predicted molar refractivity (Wildman–Crippen MR) is 73.8 cm³/mol. The van der Waals surface area contributed by atoms with Crippen molar-refractivity contribution in [3.05, 3.63) is 29.8 Å². The molecule has 4 heteroatoms. The molecule has 98 valence electrons. The number of piperazine rings is 1. The Morgan fingerprint density at radius 1 is 1.28 bits per heavy atom. The number of amides is 1. The van der Waals surface area contributed by atoms with Crippen LogP contribution in [0.5, 0.6) is 0 Å². The maximum absolute atomic E-state index is 11.7. The van der Waals surface area contributed by atoms with E-state index in [-0.39, 0.29) is 5.91 Å². The standard InChI is InChI=1S/C14H21N3O/c1-11(9-15)12-3-5-13(6-4-12)17-8-7-16(2)14(18)10-17/h3-6,11H,7-10,15H2,1-2H3. The van der Waals surface area contributed by atoms with E-state index >= 15 is 0 Å². The lowest BCUT2D eigenvalue weighted by atomic mass is 10.0. The first kappa shape index (κ1) is 12.9. The molecule has 0 aliphatic carbocycles. The highest BCUT2D eigenvalue weighted by Crippen LogP contribution is 2.21. The van der Waals surface area contributed by atoms with E-state index in [4.69, 9.17) is 5.73 Å². The highest BCUT2D eigenvalue weighted by atomic mass is 16.2. The minimum Gasteiger partial charge on any atom is -0.360 e. The minimum atomic E-state index is 0.181. The maximum Gasteiger partial charge on any atom is 0.241 e. The van der Waals surface area contributed by atoms with Gasteiger partial charge in [-0.25, -0.2) is 0 Å². The summed E-state index contributed by atoms with van der Waals surface area (Å²) in [5, 5.41) is 0. The molecular formula is C14H21N3O. The highest BCUT2D eigenvalue weighted by molar-refractivity contribution is 5.82. The van der Waals surface area contributed by atoms with Crippen molar-refractivity contribution in [3.8, 4) is 0 Å². The fraction of sp³-hybridized carbons (Fsp3) is 0.500. The zero-order valence-electron chi connectivity index (χ0n) is 11.1. The second-order valence-corrected chi connectivity index (χ2v) is 4.97. The third-order valence-electron chi connectivity index (χ3n) is 3.64. The van der Waals surface area contributed by atoms with Crippen LogP contribution in [0.15, 0.2) is 24.3 Å². The Bertz CT molecular complexity index is 416. The second kappa shape index (κ2) is 5.40. The molecule has 1 aromatic rings. The summed E-state index contributed by atoms with van der Waals surface area (Å²) in [7, 11) is 1.85. The molecule has 1 atom stereocenters. The van der Waals surface area contributed by atoms with Gasteiger partial charge in [0.2, 0.25) is 5.91 Å². The molecule has 1 fully saturated rings. The Balaban J connectivity index is 2.08. The van der Waals surface area contributed by atoms with Gasteiger partial charge in [0, 0.05) is 25.8 Å². The molecule has 1 aliphatic heterocycles. The average Bonchev–Trinajstić information content (AvgIpc) is 2.41. The number of nitrogens with zero attached hydrogens (tertiary/aromatic N) is 2. The molecule has 0 spiro atoms. The smallest absolute Gasteiger partial charge is 0.241 e. The van der Waals surface area contributed by atoms with Gasteiger partial charge in [-0.1, -0.05) is 19.1 Å². The van der Waals surface area contributed by atoms with E-state index in [1.54, 1.807) is 4.90 Å². The lowest BCUT2D eigenvalue weighted by molar-refractivity contribution is -0.129. The number of carbonyl (C=O) groups excluding carboxylic acids is 1. The molecular weight excluding hydrogens is 226 g/mol. The lowest BCUT2D eigenvalue weighted by Gasteiger charge is -2.33. The van der Waals surface area contributed by atoms with Crippen molar-refractivity contribution in [1.82, 2.24) is 4.90 Å². The Morgan fingerprint density at radius 2 is 1.94 bits per heavy atom. The Morgan fingerprint density at radius 3 is 2.50 bits per heavy atom. The fourth-order valence-electron chi connectivity index (χ4n) is 2.13. The van der Waals surface area contributed by atoms with Crippen molar-refractivity contribution in [2.24, 2.45) is 5.73 Å². The summed E-state index contributed by atoms with van der Waals surface area (Å²) in [4.78, 5) is 15.6. The molecule has 0 bridgehead atoms. The molecule has 1 amide bonds. The van der Waals surface area contributed by atoms with Crippen molar-refractivity contribution < 1.29 is 4.79 Å². The highest BCUT2D eigenvalue weighted by Gasteiger charge is 2.20. The first-order chi connectivity index (χ1) is 8.61. The van der Waals surface area contributed by atoms with Crippen LogP contribution >= 0.6 is 0 Å². The molecule has 1 heterocycles. The van der Waals surface area contributed by atoms with Crippen LogP contribution < -0.4 is 10.6 Å². The van der Waals surface area contributed by atoms with Crippen LogP contribution in [0.4, 0.5) is 5.69 Å². The predicted octanol–water partition coefficient (Wildman–Crippen LogP) is 1.03. The fourth-order valence-corrected chi connectivity index (χ4v) is 2.13. The monoisotopic (exact) mass is 247 g/mol. The molecule has 0 saturated carbocycles. The molecule has 1 aliphatic rings. The van der Waals surface area contributed by atoms with Crippen LogP contribution in [-0.4, -0.2) is 44.0 Å². The average molecular weight is 247 g/mol. The van der Waals surface area contributed by atoms with Crippen LogP contribution in [0.1, 0.15) is 18.4 Å². The van der Waals surface area contributed by atoms with E-state index in [1.165, 1.54) is 5.56 Å². The van der Waals surface area contributed by atoms with Crippen LogP contribution in [-0.2, 0) is 4.79 Å². The molecule has 1 unspecified atom stereocenters. The van der Waals surface area contributed by atoms with Crippen LogP contribution in [0.2, 0.25) is 0 Å². The van der Waals surface area contributed by atoms with E-state index in [0.29, 0.717) is 19.0 Å². The Labute approximate surface area is 108 Å². The first-order valence-electron chi connectivity index (χ1n) is 6.40. The van der Waals surface area contributed by atoms with Gasteiger partial charge in [0.05, 0.1) is 6.54 Å². The number of hydrogen-bond acceptors (Lipinski definition) is 3. The topological polar surface area (TPSA) is 49.6 Å². The van der Waals surface area contributed by atoms with Gasteiger partial charge >= 0.3 is 0 Å². The van der Waals surface area contributed by atoms with Crippen LogP contribution in [0.3, 0.4) is 0 Å². The summed E-state index contributed by atoms with van der Waals surface area (Å²) in [6.07, 6.45) is 0. The summed E-state index contributed by atoms with van der Waals surface area (Å²) in [5.74, 6) is 0.564. The number of nitrogens with two attached hydrogens (primary N) is 1. The Kier molecular flexibility index (Phi) is 3.87. The number of likely N-dealkylation sites (N-methyl/N-ethyl adjacent to an activating group) is 1. The van der Waals surface area contributed by atoms with Crippen molar-refractivity contribution in [2.45, 2.75) is 12.8 Å². The van der Waals surface area contributed by atoms with Crippen molar-refractivity contribution in [2.75, 3.05) is 38.1 Å². The Hall–Kier alpha value is -1.55. The molecule has 2 rings (SSSR count). The SMILES string of the molecule is CC(CN)c1ccc(N2CCN(C)C(=O)C2)cc1. The van der Waals surface area contributed by atoms with Crippen molar-refractivity contribution >= 4 is 11.6 Å². The number of carbonyl (C=O) groups is 1. The largest absolute Gasteiger partial charge is 0.360 e. The van der Waals surface area contributed by atoms with E-state index in [1.807, 2.05) is 7.05 Å². The van der Waals surface area contributed by atoms with Gasteiger partial charge in [-0.3, -0.25) is 4.79 Å². The van der Waals surface area contributed by atoms with Gasteiger partial charge in [-0.05, 0) is 30.2 Å². The number of hydrogen-bond donors (Lipinski definition) is 1. The van der Waals surface area contributed by atoms with E-state index < -0.39 is 0 Å². The van der Waals surface area contributed by atoms with Gasteiger partial charge in [-0.2, -0.15) is 0 Å². The summed E-state index contributed by atoms with van der Waals surface area (Å²) in [6.45, 7) is 4.94. The molecule has 0 aromatic heterocycles. The second-order valence-electron chi connectivity index (χ2n) is 4.97. The van der Waals surface area contributed by atoms with Crippen LogP contribution in [0, 0.1) is 0 Å². The minimum absolute atomic E-state index is 0.181. The molecule has 4 nitrogen and oxygen atoms in total. The molecule has 2 N–H and O–H groups in total. The van der Waals surface area contributed by atoms with Crippen LogP contribution in [0.25, 0.3) is 0 Å². The summed E-state index contributed by atoms with van der Waals surface area (Å²) >= 11 is 0. The molecule has 18 heavy (non-hydrogen) atoms. The lowest BCUT2D eigenvalue weighted by Crippen LogP contribution is -2.48. The third-order valence-corrected chi connectivity index (χ3v) is 3.64. The molecule has 0 radical (unpaired) electrons. The third kappa shape index (κ3) is 2.64.